The average Bonchev–Trinajstić information content (AvgIpc) is 2.37. The lowest BCUT2D eigenvalue weighted by Crippen LogP contribution is -2.22. The lowest BCUT2D eigenvalue weighted by molar-refractivity contribution is -0.137. The van der Waals surface area contributed by atoms with Gasteiger partial charge in [0.1, 0.15) is 0 Å². The van der Waals surface area contributed by atoms with Gasteiger partial charge in [0.25, 0.3) is 0 Å². The van der Waals surface area contributed by atoms with Crippen molar-refractivity contribution >= 4 is 5.97 Å². The molecule has 0 saturated carbocycles. The van der Waals surface area contributed by atoms with E-state index in [0.29, 0.717) is 12.6 Å². The van der Waals surface area contributed by atoms with Crippen LogP contribution < -0.4 is 0 Å². The molecule has 0 amide bonds. The average molecular weight is 183 g/mol. The van der Waals surface area contributed by atoms with Gasteiger partial charge in [0, 0.05) is 18.7 Å². The van der Waals surface area contributed by atoms with Gasteiger partial charge in [0.15, 0.2) is 0 Å². The fraction of sp³-hybridized carbons (Fsp3) is 0.700. The van der Waals surface area contributed by atoms with E-state index in [1.165, 1.54) is 5.57 Å². The highest BCUT2D eigenvalue weighted by molar-refractivity contribution is 5.83. The Labute approximate surface area is 79.4 Å². The molecule has 0 aromatic carbocycles. The molecule has 1 unspecified atom stereocenters. The molecule has 0 aliphatic carbocycles. The molecule has 1 rings (SSSR count). The van der Waals surface area contributed by atoms with E-state index < -0.39 is 0 Å². The van der Waals surface area contributed by atoms with Crippen LogP contribution in [0, 0.1) is 0 Å². The van der Waals surface area contributed by atoms with Gasteiger partial charge in [-0.1, -0.05) is 0 Å². The SMILES string of the molecule is CCOC(=O)/C=C1\CCN(C)C1C. The van der Waals surface area contributed by atoms with Crippen molar-refractivity contribution in [1.29, 1.82) is 0 Å². The van der Waals surface area contributed by atoms with Crippen molar-refractivity contribution < 1.29 is 9.53 Å². The van der Waals surface area contributed by atoms with Crippen molar-refractivity contribution in [2.45, 2.75) is 26.3 Å². The molecule has 3 heteroatoms. The Bertz CT molecular complexity index is 223. The number of carbonyl (C=O) groups excluding carboxylic acids is 1. The van der Waals surface area contributed by atoms with Crippen LogP contribution in [-0.4, -0.2) is 37.1 Å². The van der Waals surface area contributed by atoms with Gasteiger partial charge in [0.2, 0.25) is 0 Å². The number of esters is 1. The van der Waals surface area contributed by atoms with Crippen LogP contribution in [0.1, 0.15) is 20.3 Å². The highest BCUT2D eigenvalue weighted by Crippen LogP contribution is 2.20. The van der Waals surface area contributed by atoms with Crippen LogP contribution in [0.25, 0.3) is 0 Å². The summed E-state index contributed by atoms with van der Waals surface area (Å²) in [6.07, 6.45) is 2.62. The number of hydrogen-bond donors (Lipinski definition) is 0. The van der Waals surface area contributed by atoms with Crippen molar-refractivity contribution in [3.8, 4) is 0 Å². The van der Waals surface area contributed by atoms with Crippen molar-refractivity contribution in [2.24, 2.45) is 0 Å². The minimum atomic E-state index is -0.209. The molecule has 1 saturated heterocycles. The van der Waals surface area contributed by atoms with Gasteiger partial charge in [-0.25, -0.2) is 4.79 Å². The number of likely N-dealkylation sites (tertiary alicyclic amines) is 1. The molecule has 0 radical (unpaired) electrons. The fourth-order valence-corrected chi connectivity index (χ4v) is 1.52. The molecule has 0 N–H and O–H groups in total. The molecule has 1 aliphatic heterocycles. The fourth-order valence-electron chi connectivity index (χ4n) is 1.52. The Morgan fingerprint density at radius 2 is 2.46 bits per heavy atom. The second-order valence-electron chi connectivity index (χ2n) is 3.38. The van der Waals surface area contributed by atoms with Crippen molar-refractivity contribution in [1.82, 2.24) is 4.90 Å². The number of likely N-dealkylation sites (N-methyl/N-ethyl adjacent to an activating group) is 1. The number of rotatable bonds is 2. The third-order valence-corrected chi connectivity index (χ3v) is 2.54. The lowest BCUT2D eigenvalue weighted by Gasteiger charge is -2.14. The number of carbonyl (C=O) groups is 1. The maximum Gasteiger partial charge on any atom is 0.330 e. The van der Waals surface area contributed by atoms with Crippen LogP contribution in [0.4, 0.5) is 0 Å². The first kappa shape index (κ1) is 10.3. The second kappa shape index (κ2) is 4.42. The normalized spacial score (nSPS) is 26.7. The third-order valence-electron chi connectivity index (χ3n) is 2.54. The molecule has 1 atom stereocenters. The zero-order chi connectivity index (χ0) is 9.84. The maximum atomic E-state index is 11.1. The van der Waals surface area contributed by atoms with E-state index in [1.54, 1.807) is 6.08 Å². The maximum absolute atomic E-state index is 11.1. The summed E-state index contributed by atoms with van der Waals surface area (Å²) in [6, 6.07) is 0.379. The summed E-state index contributed by atoms with van der Waals surface area (Å²) in [7, 11) is 2.07. The Morgan fingerprint density at radius 1 is 1.77 bits per heavy atom. The minimum Gasteiger partial charge on any atom is -0.463 e. The van der Waals surface area contributed by atoms with Crippen molar-refractivity contribution in [2.75, 3.05) is 20.2 Å². The predicted molar refractivity (Wildman–Crippen MR) is 51.4 cm³/mol. The van der Waals surface area contributed by atoms with E-state index in [2.05, 4.69) is 18.9 Å². The first-order chi connectivity index (χ1) is 6.15. The van der Waals surface area contributed by atoms with E-state index in [4.69, 9.17) is 4.74 Å². The van der Waals surface area contributed by atoms with Crippen LogP contribution in [0.3, 0.4) is 0 Å². The number of ether oxygens (including phenoxy) is 1. The topological polar surface area (TPSA) is 29.5 Å². The molecular formula is C10H17NO2. The van der Waals surface area contributed by atoms with Crippen LogP contribution in [0.2, 0.25) is 0 Å². The quantitative estimate of drug-likeness (QED) is 0.476. The van der Waals surface area contributed by atoms with E-state index in [-0.39, 0.29) is 5.97 Å². The van der Waals surface area contributed by atoms with Crippen LogP contribution in [-0.2, 0) is 9.53 Å². The first-order valence-corrected chi connectivity index (χ1v) is 4.72. The summed E-state index contributed by atoms with van der Waals surface area (Å²) in [4.78, 5) is 13.4. The summed E-state index contributed by atoms with van der Waals surface area (Å²) in [5.74, 6) is -0.209. The Hall–Kier alpha value is -0.830. The second-order valence-corrected chi connectivity index (χ2v) is 3.38. The highest BCUT2D eigenvalue weighted by Gasteiger charge is 2.22. The molecular weight excluding hydrogens is 166 g/mol. The summed E-state index contributed by atoms with van der Waals surface area (Å²) >= 11 is 0. The van der Waals surface area contributed by atoms with Gasteiger partial charge < -0.3 is 4.74 Å². The molecule has 13 heavy (non-hydrogen) atoms. The van der Waals surface area contributed by atoms with Gasteiger partial charge in [-0.15, -0.1) is 0 Å². The molecule has 0 spiro atoms. The van der Waals surface area contributed by atoms with Gasteiger partial charge in [-0.2, -0.15) is 0 Å². The van der Waals surface area contributed by atoms with Crippen molar-refractivity contribution in [3.63, 3.8) is 0 Å². The summed E-state index contributed by atoms with van der Waals surface area (Å²) in [6.45, 7) is 5.41. The van der Waals surface area contributed by atoms with Gasteiger partial charge in [-0.3, -0.25) is 4.90 Å². The predicted octanol–water partition coefficient (Wildman–Crippen LogP) is 1.20. The van der Waals surface area contributed by atoms with E-state index in [0.717, 1.165) is 13.0 Å². The summed E-state index contributed by atoms with van der Waals surface area (Å²) in [5.41, 5.74) is 1.18. The number of nitrogens with zero attached hydrogens (tertiary/aromatic N) is 1. The van der Waals surface area contributed by atoms with Crippen LogP contribution in [0.15, 0.2) is 11.6 Å². The van der Waals surface area contributed by atoms with E-state index in [1.807, 2.05) is 6.92 Å². The molecule has 74 valence electrons. The summed E-state index contributed by atoms with van der Waals surface area (Å²) < 4.78 is 4.85. The standard InChI is InChI=1S/C10H17NO2/c1-4-13-10(12)7-9-5-6-11(3)8(9)2/h7-8H,4-6H2,1-3H3/b9-7+. The highest BCUT2D eigenvalue weighted by atomic mass is 16.5. The summed E-state index contributed by atoms with van der Waals surface area (Å²) in [5, 5.41) is 0. The largest absolute Gasteiger partial charge is 0.463 e. The Morgan fingerprint density at radius 3 is 2.92 bits per heavy atom. The van der Waals surface area contributed by atoms with Crippen LogP contribution in [0.5, 0.6) is 0 Å². The third kappa shape index (κ3) is 2.56. The zero-order valence-corrected chi connectivity index (χ0v) is 8.54. The monoisotopic (exact) mass is 183 g/mol. The molecule has 0 aromatic heterocycles. The van der Waals surface area contributed by atoms with Crippen LogP contribution >= 0.6 is 0 Å². The van der Waals surface area contributed by atoms with Gasteiger partial charge in [-0.05, 0) is 32.9 Å². The number of hydrogen-bond acceptors (Lipinski definition) is 3. The Kier molecular flexibility index (Phi) is 3.48. The van der Waals surface area contributed by atoms with E-state index in [9.17, 15) is 4.79 Å². The molecule has 0 bridgehead atoms. The zero-order valence-electron chi connectivity index (χ0n) is 8.54. The molecule has 1 heterocycles. The van der Waals surface area contributed by atoms with Gasteiger partial charge >= 0.3 is 5.97 Å². The van der Waals surface area contributed by atoms with E-state index >= 15 is 0 Å². The lowest BCUT2D eigenvalue weighted by atomic mass is 10.1. The molecule has 0 aromatic rings. The van der Waals surface area contributed by atoms with Gasteiger partial charge in [0.05, 0.1) is 6.61 Å². The smallest absolute Gasteiger partial charge is 0.330 e. The first-order valence-electron chi connectivity index (χ1n) is 4.72. The van der Waals surface area contributed by atoms with Crippen molar-refractivity contribution in [3.05, 3.63) is 11.6 Å². The Balaban J connectivity index is 2.56. The molecule has 1 fully saturated rings. The molecule has 1 aliphatic rings. The molecule has 3 nitrogen and oxygen atoms in total. The minimum absolute atomic E-state index is 0.209.